The number of fused-ring (bicyclic) bond motifs is 1. The lowest BCUT2D eigenvalue weighted by Crippen LogP contribution is -2.23. The van der Waals surface area contributed by atoms with E-state index in [1.165, 1.54) is 12.1 Å². The number of aliphatic imine (C=N–C) groups is 1. The molecular weight excluding hydrogens is 229 g/mol. The Bertz CT molecular complexity index is 596. The maximum Gasteiger partial charge on any atom is 0.126 e. The number of nitrogens with two attached hydrogens (primary N) is 1. The smallest absolute Gasteiger partial charge is 0.126 e. The van der Waals surface area contributed by atoms with Crippen molar-refractivity contribution in [2.45, 2.75) is 32.7 Å². The number of aromatic amines is 1. The van der Waals surface area contributed by atoms with E-state index in [9.17, 15) is 4.39 Å². The van der Waals surface area contributed by atoms with Crippen molar-refractivity contribution < 1.29 is 4.39 Å². The van der Waals surface area contributed by atoms with Gasteiger partial charge >= 0.3 is 0 Å². The van der Waals surface area contributed by atoms with Crippen molar-refractivity contribution in [2.75, 3.05) is 0 Å². The lowest BCUT2D eigenvalue weighted by molar-refractivity contribution is 0.505. The number of halogens is 1. The minimum Gasteiger partial charge on any atom is -0.383 e. The first-order valence-corrected chi connectivity index (χ1v) is 6.05. The molecule has 2 aromatic rings. The van der Waals surface area contributed by atoms with Gasteiger partial charge in [-0.2, -0.15) is 0 Å². The Kier molecular flexibility index (Phi) is 3.11. The van der Waals surface area contributed by atoms with E-state index < -0.39 is 0 Å². The molecule has 0 amide bonds. The van der Waals surface area contributed by atoms with Crippen LogP contribution in [0.2, 0.25) is 0 Å². The SMILES string of the molecule is CCC(C)(C)N=C(N)c1cc(F)cc2[nH]ccc12. The largest absolute Gasteiger partial charge is 0.383 e. The molecule has 0 aliphatic heterocycles. The summed E-state index contributed by atoms with van der Waals surface area (Å²) in [5, 5.41) is 0.893. The molecule has 0 spiro atoms. The van der Waals surface area contributed by atoms with E-state index in [4.69, 9.17) is 5.73 Å². The van der Waals surface area contributed by atoms with E-state index in [2.05, 4.69) is 9.98 Å². The number of nitrogens with zero attached hydrogens (tertiary/aromatic N) is 1. The average Bonchev–Trinajstić information content (AvgIpc) is 2.75. The Morgan fingerprint density at radius 2 is 2.17 bits per heavy atom. The number of hydrogen-bond acceptors (Lipinski definition) is 1. The summed E-state index contributed by atoms with van der Waals surface area (Å²) >= 11 is 0. The third kappa shape index (κ3) is 2.37. The van der Waals surface area contributed by atoms with Crippen molar-refractivity contribution in [1.82, 2.24) is 4.98 Å². The Morgan fingerprint density at radius 1 is 1.44 bits per heavy atom. The number of aromatic nitrogens is 1. The monoisotopic (exact) mass is 247 g/mol. The quantitative estimate of drug-likeness (QED) is 0.635. The van der Waals surface area contributed by atoms with Gasteiger partial charge < -0.3 is 10.7 Å². The van der Waals surface area contributed by atoms with Crippen molar-refractivity contribution >= 4 is 16.7 Å². The van der Waals surface area contributed by atoms with Crippen LogP contribution in [0.15, 0.2) is 29.4 Å². The van der Waals surface area contributed by atoms with Gasteiger partial charge in [0, 0.05) is 22.7 Å². The summed E-state index contributed by atoms with van der Waals surface area (Å²) in [6, 6.07) is 4.77. The molecule has 0 bridgehead atoms. The highest BCUT2D eigenvalue weighted by molar-refractivity contribution is 6.08. The molecule has 0 atom stereocenters. The normalized spacial score (nSPS) is 13.2. The maximum atomic E-state index is 13.5. The number of nitrogens with one attached hydrogen (secondary N) is 1. The van der Waals surface area contributed by atoms with Crippen LogP contribution >= 0.6 is 0 Å². The molecule has 96 valence electrons. The Hall–Kier alpha value is -1.84. The second-order valence-electron chi connectivity index (χ2n) is 5.06. The summed E-state index contributed by atoms with van der Waals surface area (Å²) in [7, 11) is 0. The molecule has 2 rings (SSSR count). The highest BCUT2D eigenvalue weighted by atomic mass is 19.1. The fourth-order valence-corrected chi connectivity index (χ4v) is 1.81. The summed E-state index contributed by atoms with van der Waals surface area (Å²) in [5.74, 6) is 0.0679. The number of rotatable bonds is 3. The lowest BCUT2D eigenvalue weighted by Gasteiger charge is -2.18. The molecular formula is C14H18FN3. The van der Waals surface area contributed by atoms with E-state index in [0.29, 0.717) is 11.4 Å². The second-order valence-corrected chi connectivity index (χ2v) is 5.06. The van der Waals surface area contributed by atoms with Gasteiger partial charge in [0.1, 0.15) is 11.7 Å². The van der Waals surface area contributed by atoms with Gasteiger partial charge in [-0.3, -0.25) is 4.99 Å². The van der Waals surface area contributed by atoms with Crippen molar-refractivity contribution in [3.05, 3.63) is 35.8 Å². The average molecular weight is 247 g/mol. The third-order valence-electron chi connectivity index (χ3n) is 3.20. The zero-order chi connectivity index (χ0) is 13.3. The summed E-state index contributed by atoms with van der Waals surface area (Å²) in [6.45, 7) is 6.06. The molecule has 0 radical (unpaired) electrons. The van der Waals surface area contributed by atoms with Gasteiger partial charge in [0.2, 0.25) is 0 Å². The molecule has 0 saturated carbocycles. The van der Waals surface area contributed by atoms with Crippen molar-refractivity contribution in [3.63, 3.8) is 0 Å². The fraction of sp³-hybridized carbons (Fsp3) is 0.357. The third-order valence-corrected chi connectivity index (χ3v) is 3.20. The van der Waals surface area contributed by atoms with E-state index in [-0.39, 0.29) is 11.4 Å². The van der Waals surface area contributed by atoms with Gasteiger partial charge in [-0.1, -0.05) is 6.92 Å². The highest BCUT2D eigenvalue weighted by Gasteiger charge is 2.16. The first kappa shape index (κ1) is 12.6. The van der Waals surface area contributed by atoms with Gasteiger partial charge in [-0.05, 0) is 38.5 Å². The molecule has 1 aromatic carbocycles. The van der Waals surface area contributed by atoms with Crippen LogP contribution in [-0.4, -0.2) is 16.4 Å². The van der Waals surface area contributed by atoms with Crippen LogP contribution < -0.4 is 5.73 Å². The topological polar surface area (TPSA) is 54.2 Å². The predicted molar refractivity (Wildman–Crippen MR) is 73.4 cm³/mol. The lowest BCUT2D eigenvalue weighted by atomic mass is 10.0. The summed E-state index contributed by atoms with van der Waals surface area (Å²) < 4.78 is 13.5. The molecule has 3 nitrogen and oxygen atoms in total. The van der Waals surface area contributed by atoms with E-state index >= 15 is 0 Å². The zero-order valence-corrected chi connectivity index (χ0v) is 10.9. The van der Waals surface area contributed by atoms with Crippen LogP contribution in [0, 0.1) is 5.82 Å². The molecule has 0 fully saturated rings. The summed E-state index contributed by atoms with van der Waals surface area (Å²) in [4.78, 5) is 7.46. The molecule has 1 heterocycles. The number of benzene rings is 1. The summed E-state index contributed by atoms with van der Waals surface area (Å²) in [6.07, 6.45) is 2.64. The Labute approximate surface area is 106 Å². The predicted octanol–water partition coefficient (Wildman–Crippen LogP) is 3.20. The van der Waals surface area contributed by atoms with Crippen molar-refractivity contribution in [3.8, 4) is 0 Å². The van der Waals surface area contributed by atoms with Gasteiger partial charge in [0.15, 0.2) is 0 Å². The van der Waals surface area contributed by atoms with Gasteiger partial charge in [-0.15, -0.1) is 0 Å². The molecule has 4 heteroatoms. The van der Waals surface area contributed by atoms with Crippen LogP contribution in [0.1, 0.15) is 32.8 Å². The minimum absolute atomic E-state index is 0.237. The van der Waals surface area contributed by atoms with Gasteiger partial charge in [0.25, 0.3) is 0 Å². The summed E-state index contributed by atoms with van der Waals surface area (Å²) in [5.41, 5.74) is 7.16. The van der Waals surface area contributed by atoms with Crippen LogP contribution in [0.25, 0.3) is 10.9 Å². The molecule has 0 aliphatic rings. The minimum atomic E-state index is -0.313. The van der Waals surface area contributed by atoms with Crippen LogP contribution in [-0.2, 0) is 0 Å². The number of H-pyrrole nitrogens is 1. The number of hydrogen-bond donors (Lipinski definition) is 2. The van der Waals surface area contributed by atoms with E-state index in [1.54, 1.807) is 6.20 Å². The standard InChI is InChI=1S/C14H18FN3/c1-4-14(2,3)18-13(16)11-7-9(15)8-12-10(11)5-6-17-12/h5-8,17H,4H2,1-3H3,(H2,16,18). The van der Waals surface area contributed by atoms with Crippen LogP contribution in [0.3, 0.4) is 0 Å². The van der Waals surface area contributed by atoms with Gasteiger partial charge in [0.05, 0.1) is 5.54 Å². The van der Waals surface area contributed by atoms with Crippen molar-refractivity contribution in [1.29, 1.82) is 0 Å². The molecule has 3 N–H and O–H groups in total. The van der Waals surface area contributed by atoms with Crippen LogP contribution in [0.5, 0.6) is 0 Å². The Morgan fingerprint density at radius 3 is 2.83 bits per heavy atom. The van der Waals surface area contributed by atoms with Crippen LogP contribution in [0.4, 0.5) is 4.39 Å². The first-order valence-electron chi connectivity index (χ1n) is 6.05. The van der Waals surface area contributed by atoms with E-state index in [0.717, 1.165) is 17.3 Å². The Balaban J connectivity index is 2.57. The van der Waals surface area contributed by atoms with Gasteiger partial charge in [-0.25, -0.2) is 4.39 Å². The highest BCUT2D eigenvalue weighted by Crippen LogP contribution is 2.21. The molecule has 0 saturated heterocycles. The fourth-order valence-electron chi connectivity index (χ4n) is 1.81. The zero-order valence-electron chi connectivity index (χ0n) is 10.9. The molecule has 18 heavy (non-hydrogen) atoms. The first-order chi connectivity index (χ1) is 8.43. The molecule has 0 unspecified atom stereocenters. The number of amidine groups is 1. The van der Waals surface area contributed by atoms with E-state index in [1.807, 2.05) is 26.8 Å². The molecule has 0 aliphatic carbocycles. The van der Waals surface area contributed by atoms with Crippen molar-refractivity contribution in [2.24, 2.45) is 10.7 Å². The maximum absolute atomic E-state index is 13.5. The second kappa shape index (κ2) is 4.44. The molecule has 1 aromatic heterocycles.